The molecule has 0 aliphatic carbocycles. The van der Waals surface area contributed by atoms with Crippen LogP contribution in [0.3, 0.4) is 0 Å². The lowest BCUT2D eigenvalue weighted by Crippen LogP contribution is -2.27. The Labute approximate surface area is 106 Å². The summed E-state index contributed by atoms with van der Waals surface area (Å²) in [5, 5.41) is 2.89. The van der Waals surface area contributed by atoms with Gasteiger partial charge in [0.05, 0.1) is 5.75 Å². The second kappa shape index (κ2) is 8.53. The van der Waals surface area contributed by atoms with Crippen LogP contribution < -0.4 is 5.32 Å². The van der Waals surface area contributed by atoms with Gasteiger partial charge in [0.15, 0.2) is 0 Å². The molecule has 0 spiro atoms. The highest BCUT2D eigenvalue weighted by molar-refractivity contribution is 7.99. The third kappa shape index (κ3) is 6.08. The molecule has 1 rings (SSSR count). The molecule has 0 heterocycles. The first-order valence-electron chi connectivity index (χ1n) is 5.20. The summed E-state index contributed by atoms with van der Waals surface area (Å²) in [6.45, 7) is 0.761. The van der Waals surface area contributed by atoms with E-state index >= 15 is 0 Å². The summed E-state index contributed by atoms with van der Waals surface area (Å²) in [5.41, 5.74) is 1.34. The van der Waals surface area contributed by atoms with E-state index in [9.17, 15) is 4.79 Å². The molecule has 0 radical (unpaired) electrons. The van der Waals surface area contributed by atoms with Crippen LogP contribution in [-0.4, -0.2) is 30.2 Å². The van der Waals surface area contributed by atoms with Crippen molar-refractivity contribution in [3.63, 3.8) is 0 Å². The van der Waals surface area contributed by atoms with Gasteiger partial charge in [-0.05, 0) is 11.8 Å². The van der Waals surface area contributed by atoms with Crippen molar-refractivity contribution in [3.05, 3.63) is 35.9 Å². The minimum atomic E-state index is 0.132. The summed E-state index contributed by atoms with van der Waals surface area (Å²) in [5.74, 6) is 2.67. The van der Waals surface area contributed by atoms with E-state index in [0.717, 1.165) is 18.1 Å². The maximum Gasteiger partial charge on any atom is 0.230 e. The highest BCUT2D eigenvalue weighted by Crippen LogP contribution is 2.10. The van der Waals surface area contributed by atoms with Crippen LogP contribution in [0.1, 0.15) is 5.56 Å². The molecule has 0 saturated carbocycles. The van der Waals surface area contributed by atoms with E-state index in [2.05, 4.69) is 29.6 Å². The van der Waals surface area contributed by atoms with E-state index < -0.39 is 0 Å². The zero-order chi connectivity index (χ0) is 11.6. The van der Waals surface area contributed by atoms with Crippen molar-refractivity contribution in [1.29, 1.82) is 0 Å². The first-order valence-corrected chi connectivity index (χ1v) is 7.75. The molecule has 0 aliphatic rings. The molecule has 16 heavy (non-hydrogen) atoms. The third-order valence-electron chi connectivity index (χ3n) is 1.96. The van der Waals surface area contributed by atoms with Crippen LogP contribution in [0.2, 0.25) is 0 Å². The van der Waals surface area contributed by atoms with Crippen molar-refractivity contribution in [2.45, 2.75) is 5.75 Å². The molecular weight excluding hydrogens is 238 g/mol. The average molecular weight is 255 g/mol. The van der Waals surface area contributed by atoms with Gasteiger partial charge in [0.1, 0.15) is 0 Å². The maximum absolute atomic E-state index is 11.1. The van der Waals surface area contributed by atoms with Crippen molar-refractivity contribution >= 4 is 29.4 Å². The van der Waals surface area contributed by atoms with Gasteiger partial charge in [0.2, 0.25) is 5.91 Å². The summed E-state index contributed by atoms with van der Waals surface area (Å²) < 4.78 is 0. The van der Waals surface area contributed by atoms with Crippen LogP contribution >= 0.6 is 23.5 Å². The van der Waals surface area contributed by atoms with Crippen molar-refractivity contribution in [3.8, 4) is 0 Å². The van der Waals surface area contributed by atoms with Crippen molar-refractivity contribution in [2.75, 3.05) is 24.3 Å². The Morgan fingerprint density at radius 1 is 1.31 bits per heavy atom. The number of rotatable bonds is 7. The Morgan fingerprint density at radius 3 is 2.75 bits per heavy atom. The van der Waals surface area contributed by atoms with Gasteiger partial charge in [-0.1, -0.05) is 30.3 Å². The van der Waals surface area contributed by atoms with Gasteiger partial charge >= 0.3 is 0 Å². The lowest BCUT2D eigenvalue weighted by Gasteiger charge is -2.04. The Bertz CT molecular complexity index is 303. The van der Waals surface area contributed by atoms with Gasteiger partial charge in [-0.2, -0.15) is 23.5 Å². The third-order valence-corrected chi connectivity index (χ3v) is 3.54. The standard InChI is InChI=1S/C12H17NOS2/c1-15-10-12(14)13-7-8-16-9-11-5-3-2-4-6-11/h2-6H,7-10H2,1H3,(H,13,14). The number of benzene rings is 1. The monoisotopic (exact) mass is 255 g/mol. The van der Waals surface area contributed by atoms with Gasteiger partial charge in [-0.15, -0.1) is 0 Å². The minimum absolute atomic E-state index is 0.132. The number of nitrogens with one attached hydrogen (secondary N) is 1. The van der Waals surface area contributed by atoms with Crippen molar-refractivity contribution in [1.82, 2.24) is 5.32 Å². The Morgan fingerprint density at radius 2 is 2.06 bits per heavy atom. The number of amides is 1. The first kappa shape index (κ1) is 13.5. The van der Waals surface area contributed by atoms with E-state index in [1.54, 1.807) is 11.8 Å². The van der Waals surface area contributed by atoms with Gasteiger partial charge in [-0.25, -0.2) is 0 Å². The predicted octanol–water partition coefficient (Wildman–Crippen LogP) is 2.40. The fraction of sp³-hybridized carbons (Fsp3) is 0.417. The molecule has 0 fully saturated rings. The topological polar surface area (TPSA) is 29.1 Å². The van der Waals surface area contributed by atoms with Crippen molar-refractivity contribution < 1.29 is 4.79 Å². The van der Waals surface area contributed by atoms with E-state index in [4.69, 9.17) is 0 Å². The second-order valence-electron chi connectivity index (χ2n) is 3.32. The van der Waals surface area contributed by atoms with Crippen LogP contribution in [-0.2, 0) is 10.5 Å². The molecule has 0 aromatic heterocycles. The van der Waals surface area contributed by atoms with Crippen LogP contribution in [0.5, 0.6) is 0 Å². The number of carbonyl (C=O) groups is 1. The molecule has 0 bridgehead atoms. The number of hydrogen-bond donors (Lipinski definition) is 1. The van der Waals surface area contributed by atoms with E-state index in [0.29, 0.717) is 5.75 Å². The molecule has 4 heteroatoms. The summed E-state index contributed by atoms with van der Waals surface area (Å²) >= 11 is 3.40. The van der Waals surface area contributed by atoms with E-state index in [-0.39, 0.29) is 5.91 Å². The SMILES string of the molecule is CSCC(=O)NCCSCc1ccccc1. The molecule has 0 saturated heterocycles. The molecule has 1 amide bonds. The molecule has 88 valence electrons. The summed E-state index contributed by atoms with van der Waals surface area (Å²) in [7, 11) is 0. The molecule has 0 aliphatic heterocycles. The van der Waals surface area contributed by atoms with E-state index in [1.807, 2.05) is 24.1 Å². The fourth-order valence-corrected chi connectivity index (χ4v) is 2.39. The molecule has 1 N–H and O–H groups in total. The summed E-state index contributed by atoms with van der Waals surface area (Å²) in [4.78, 5) is 11.1. The molecule has 2 nitrogen and oxygen atoms in total. The molecule has 0 unspecified atom stereocenters. The van der Waals surface area contributed by atoms with Crippen LogP contribution in [0.15, 0.2) is 30.3 Å². The van der Waals surface area contributed by atoms with Crippen molar-refractivity contribution in [2.24, 2.45) is 0 Å². The largest absolute Gasteiger partial charge is 0.355 e. The van der Waals surface area contributed by atoms with Gasteiger partial charge in [-0.3, -0.25) is 4.79 Å². The Balaban J connectivity index is 2.02. The second-order valence-corrected chi connectivity index (χ2v) is 5.29. The molecule has 0 atom stereocenters. The lowest BCUT2D eigenvalue weighted by molar-refractivity contribution is -0.118. The Hall–Kier alpha value is -0.610. The molecule has 1 aromatic rings. The van der Waals surface area contributed by atoms with Crippen LogP contribution in [0.4, 0.5) is 0 Å². The minimum Gasteiger partial charge on any atom is -0.355 e. The fourth-order valence-electron chi connectivity index (χ4n) is 1.21. The smallest absolute Gasteiger partial charge is 0.230 e. The maximum atomic E-state index is 11.1. The Kier molecular flexibility index (Phi) is 7.17. The lowest BCUT2D eigenvalue weighted by atomic mass is 10.2. The van der Waals surface area contributed by atoms with Gasteiger partial charge < -0.3 is 5.32 Å². The van der Waals surface area contributed by atoms with Gasteiger partial charge in [0.25, 0.3) is 0 Å². The molecule has 1 aromatic carbocycles. The highest BCUT2D eigenvalue weighted by Gasteiger charge is 1.98. The predicted molar refractivity (Wildman–Crippen MR) is 74.0 cm³/mol. The zero-order valence-electron chi connectivity index (χ0n) is 9.44. The van der Waals surface area contributed by atoms with Crippen LogP contribution in [0, 0.1) is 0 Å². The normalized spacial score (nSPS) is 10.1. The summed E-state index contributed by atoms with van der Waals surface area (Å²) in [6, 6.07) is 10.4. The highest BCUT2D eigenvalue weighted by atomic mass is 32.2. The average Bonchev–Trinajstić information content (AvgIpc) is 2.30. The number of carbonyl (C=O) groups excluding carboxylic acids is 1. The zero-order valence-corrected chi connectivity index (χ0v) is 11.1. The number of hydrogen-bond acceptors (Lipinski definition) is 3. The van der Waals surface area contributed by atoms with E-state index in [1.165, 1.54) is 5.56 Å². The van der Waals surface area contributed by atoms with Crippen LogP contribution in [0.25, 0.3) is 0 Å². The number of thioether (sulfide) groups is 2. The quantitative estimate of drug-likeness (QED) is 0.759. The van der Waals surface area contributed by atoms with Gasteiger partial charge in [0, 0.05) is 18.1 Å². The summed E-state index contributed by atoms with van der Waals surface area (Å²) in [6.07, 6.45) is 1.93. The first-order chi connectivity index (χ1) is 7.83. The molecular formula is C12H17NOS2.